The van der Waals surface area contributed by atoms with Crippen molar-refractivity contribution in [2.75, 3.05) is 26.1 Å². The minimum absolute atomic E-state index is 0.908. The van der Waals surface area contributed by atoms with Gasteiger partial charge in [0.2, 0.25) is 0 Å². The number of nitrogens with zero attached hydrogens (tertiary/aromatic N) is 1. The van der Waals surface area contributed by atoms with Crippen LogP contribution in [0.1, 0.15) is 12.5 Å². The summed E-state index contributed by atoms with van der Waals surface area (Å²) in [7, 11) is 5.73. The molecule has 0 aromatic heterocycles. The Morgan fingerprint density at radius 3 is 2.50 bits per heavy atom. The molecule has 0 saturated carbocycles. The summed E-state index contributed by atoms with van der Waals surface area (Å²) >= 11 is 0. The Labute approximate surface area is 85.8 Å². The number of anilines is 1. The van der Waals surface area contributed by atoms with Crippen molar-refractivity contribution in [3.05, 3.63) is 29.8 Å². The van der Waals surface area contributed by atoms with Crippen molar-refractivity contribution in [3.8, 4) is 5.75 Å². The molecular weight excluding hydrogens is 174 g/mol. The van der Waals surface area contributed by atoms with Crippen LogP contribution in [0.2, 0.25) is 0 Å². The Hall–Kier alpha value is -1.44. The molecule has 0 spiro atoms. The lowest BCUT2D eigenvalue weighted by Gasteiger charge is -2.19. The predicted octanol–water partition coefficient (Wildman–Crippen LogP) is 2.79. The first kappa shape index (κ1) is 10.6. The lowest BCUT2D eigenvalue weighted by molar-refractivity contribution is 0.415. The topological polar surface area (TPSA) is 12.5 Å². The molecule has 0 N–H and O–H groups in total. The Morgan fingerprint density at radius 2 is 2.00 bits per heavy atom. The maximum atomic E-state index is 5.32. The number of ether oxygens (including phenoxy) is 1. The molecule has 2 nitrogen and oxygen atoms in total. The van der Waals surface area contributed by atoms with Crippen LogP contribution < -0.4 is 9.64 Å². The first-order valence-electron chi connectivity index (χ1n) is 4.67. The summed E-state index contributed by atoms with van der Waals surface area (Å²) in [5, 5.41) is 0. The van der Waals surface area contributed by atoms with Gasteiger partial charge in [0, 0.05) is 19.7 Å². The summed E-state index contributed by atoms with van der Waals surface area (Å²) in [5.74, 6) is 0.908. The molecule has 0 aliphatic carbocycles. The first-order chi connectivity index (χ1) is 6.70. The Morgan fingerprint density at radius 1 is 1.29 bits per heavy atom. The molecule has 0 aliphatic heterocycles. The molecule has 0 bridgehead atoms. The van der Waals surface area contributed by atoms with Gasteiger partial charge in [-0.15, -0.1) is 0 Å². The second kappa shape index (κ2) is 4.70. The second-order valence-corrected chi connectivity index (χ2v) is 3.29. The van der Waals surface area contributed by atoms with Gasteiger partial charge in [-0.3, -0.25) is 0 Å². The third-order valence-electron chi connectivity index (χ3n) is 2.04. The zero-order valence-electron chi connectivity index (χ0n) is 9.24. The third-order valence-corrected chi connectivity index (χ3v) is 2.04. The molecule has 0 radical (unpaired) electrons. The fourth-order valence-corrected chi connectivity index (χ4v) is 1.50. The predicted molar refractivity (Wildman–Crippen MR) is 62.0 cm³/mol. The molecular formula is C12H17NO. The summed E-state index contributed by atoms with van der Waals surface area (Å²) < 4.78 is 5.32. The molecule has 0 fully saturated rings. The van der Waals surface area contributed by atoms with Crippen LogP contribution in [0.5, 0.6) is 5.75 Å². The van der Waals surface area contributed by atoms with Crippen molar-refractivity contribution in [3.63, 3.8) is 0 Å². The summed E-state index contributed by atoms with van der Waals surface area (Å²) in [6, 6.07) is 6.06. The zero-order valence-corrected chi connectivity index (χ0v) is 9.24. The van der Waals surface area contributed by atoms with Crippen LogP contribution in [0.15, 0.2) is 24.3 Å². The van der Waals surface area contributed by atoms with Crippen molar-refractivity contribution in [2.24, 2.45) is 0 Å². The van der Waals surface area contributed by atoms with E-state index in [1.807, 2.05) is 39.2 Å². The van der Waals surface area contributed by atoms with Crippen molar-refractivity contribution < 1.29 is 4.74 Å². The zero-order chi connectivity index (χ0) is 10.6. The Balaban J connectivity index is 3.27. The minimum atomic E-state index is 0.908. The lowest BCUT2D eigenvalue weighted by Crippen LogP contribution is -2.11. The molecule has 0 saturated heterocycles. The molecule has 0 aliphatic rings. The number of rotatable bonds is 3. The molecule has 1 rings (SSSR count). The molecule has 0 heterocycles. The van der Waals surface area contributed by atoms with E-state index >= 15 is 0 Å². The Kier molecular flexibility index (Phi) is 3.57. The number of hydrogen-bond donors (Lipinski definition) is 0. The van der Waals surface area contributed by atoms with Gasteiger partial charge in [0.05, 0.1) is 12.8 Å². The van der Waals surface area contributed by atoms with Gasteiger partial charge < -0.3 is 9.64 Å². The van der Waals surface area contributed by atoms with Gasteiger partial charge in [-0.2, -0.15) is 0 Å². The van der Waals surface area contributed by atoms with Gasteiger partial charge in [0.15, 0.2) is 0 Å². The van der Waals surface area contributed by atoms with E-state index in [9.17, 15) is 0 Å². The van der Waals surface area contributed by atoms with E-state index in [0.29, 0.717) is 0 Å². The number of hydrogen-bond acceptors (Lipinski definition) is 2. The van der Waals surface area contributed by atoms with Crippen LogP contribution in [0, 0.1) is 0 Å². The average molecular weight is 191 g/mol. The van der Waals surface area contributed by atoms with E-state index in [-0.39, 0.29) is 0 Å². The van der Waals surface area contributed by atoms with E-state index in [2.05, 4.69) is 17.0 Å². The van der Waals surface area contributed by atoms with Crippen LogP contribution in [-0.4, -0.2) is 21.2 Å². The first-order valence-corrected chi connectivity index (χ1v) is 4.67. The molecule has 0 unspecified atom stereocenters. The number of para-hydroxylation sites is 1. The highest BCUT2D eigenvalue weighted by Gasteiger charge is 2.07. The number of methoxy groups -OCH3 is 1. The van der Waals surface area contributed by atoms with Gasteiger partial charge in [-0.1, -0.05) is 24.3 Å². The second-order valence-electron chi connectivity index (χ2n) is 3.29. The lowest BCUT2D eigenvalue weighted by atomic mass is 10.1. The molecule has 0 atom stereocenters. The average Bonchev–Trinajstić information content (AvgIpc) is 2.17. The van der Waals surface area contributed by atoms with E-state index < -0.39 is 0 Å². The van der Waals surface area contributed by atoms with Gasteiger partial charge in [0.1, 0.15) is 5.75 Å². The van der Waals surface area contributed by atoms with E-state index in [1.54, 1.807) is 7.11 Å². The fraction of sp³-hybridized carbons (Fsp3) is 0.333. The van der Waals surface area contributed by atoms with E-state index in [0.717, 1.165) is 11.4 Å². The summed E-state index contributed by atoms with van der Waals surface area (Å²) in [4.78, 5) is 2.06. The van der Waals surface area contributed by atoms with Crippen LogP contribution in [-0.2, 0) is 0 Å². The third kappa shape index (κ3) is 2.08. The van der Waals surface area contributed by atoms with Crippen molar-refractivity contribution in [1.82, 2.24) is 0 Å². The molecule has 2 heteroatoms. The maximum absolute atomic E-state index is 5.32. The molecule has 14 heavy (non-hydrogen) atoms. The smallest absolute Gasteiger partial charge is 0.142 e. The highest BCUT2D eigenvalue weighted by molar-refractivity contribution is 5.73. The SMILES string of the molecule is C/C=C/c1cccc(OC)c1N(C)C. The monoisotopic (exact) mass is 191 g/mol. The molecule has 1 aromatic carbocycles. The number of benzene rings is 1. The van der Waals surface area contributed by atoms with Crippen LogP contribution in [0.3, 0.4) is 0 Å². The number of allylic oxidation sites excluding steroid dienone is 1. The standard InChI is InChI=1S/C12H17NO/c1-5-7-10-8-6-9-11(14-4)12(10)13(2)3/h5-9H,1-4H3/b7-5+. The van der Waals surface area contributed by atoms with Gasteiger partial charge in [-0.05, 0) is 13.0 Å². The normalized spacial score (nSPS) is 10.6. The largest absolute Gasteiger partial charge is 0.495 e. The Bertz CT molecular complexity index is 329. The van der Waals surface area contributed by atoms with Crippen LogP contribution in [0.25, 0.3) is 6.08 Å². The van der Waals surface area contributed by atoms with Crippen LogP contribution >= 0.6 is 0 Å². The van der Waals surface area contributed by atoms with Crippen molar-refractivity contribution in [2.45, 2.75) is 6.92 Å². The van der Waals surface area contributed by atoms with Crippen molar-refractivity contribution >= 4 is 11.8 Å². The highest BCUT2D eigenvalue weighted by atomic mass is 16.5. The van der Waals surface area contributed by atoms with E-state index in [1.165, 1.54) is 5.56 Å². The van der Waals surface area contributed by atoms with Crippen LogP contribution in [0.4, 0.5) is 5.69 Å². The molecule has 0 amide bonds. The molecule has 1 aromatic rings. The van der Waals surface area contributed by atoms with E-state index in [4.69, 9.17) is 4.74 Å². The van der Waals surface area contributed by atoms with Crippen molar-refractivity contribution in [1.29, 1.82) is 0 Å². The summed E-state index contributed by atoms with van der Waals surface area (Å²) in [6.45, 7) is 2.01. The van der Waals surface area contributed by atoms with Gasteiger partial charge >= 0.3 is 0 Å². The molecule has 76 valence electrons. The highest BCUT2D eigenvalue weighted by Crippen LogP contribution is 2.31. The van der Waals surface area contributed by atoms with Gasteiger partial charge in [-0.25, -0.2) is 0 Å². The summed E-state index contributed by atoms with van der Waals surface area (Å²) in [5.41, 5.74) is 2.30. The maximum Gasteiger partial charge on any atom is 0.142 e. The quantitative estimate of drug-likeness (QED) is 0.728. The minimum Gasteiger partial charge on any atom is -0.495 e. The van der Waals surface area contributed by atoms with Gasteiger partial charge in [0.25, 0.3) is 0 Å². The summed E-state index contributed by atoms with van der Waals surface area (Å²) in [6.07, 6.45) is 4.11. The fourth-order valence-electron chi connectivity index (χ4n) is 1.50.